The highest BCUT2D eigenvalue weighted by Gasteiger charge is 2.22. The first-order valence-electron chi connectivity index (χ1n) is 9.30. The van der Waals surface area contributed by atoms with Crippen molar-refractivity contribution in [1.82, 2.24) is 9.80 Å². The van der Waals surface area contributed by atoms with E-state index in [1.807, 2.05) is 23.1 Å². The first-order valence-corrected chi connectivity index (χ1v) is 9.30. The van der Waals surface area contributed by atoms with Crippen LogP contribution in [-0.2, 0) is 16.1 Å². The Balaban J connectivity index is 1.56. The van der Waals surface area contributed by atoms with E-state index in [4.69, 9.17) is 4.74 Å². The SMILES string of the molecule is CC(=O)N1CCC(CCC(=O)c2ccc3c(c2)CN(C=O)CCO3)CC1. The van der Waals surface area contributed by atoms with Crippen molar-refractivity contribution in [2.24, 2.45) is 5.92 Å². The van der Waals surface area contributed by atoms with Gasteiger partial charge in [-0.2, -0.15) is 0 Å². The lowest BCUT2D eigenvalue weighted by Gasteiger charge is -2.31. The zero-order valence-electron chi connectivity index (χ0n) is 15.3. The van der Waals surface area contributed by atoms with E-state index in [0.717, 1.165) is 50.1 Å². The smallest absolute Gasteiger partial charge is 0.219 e. The molecular weight excluding hydrogens is 332 g/mol. The summed E-state index contributed by atoms with van der Waals surface area (Å²) in [4.78, 5) is 38.6. The van der Waals surface area contributed by atoms with Crippen LogP contribution in [0.1, 0.15) is 48.5 Å². The van der Waals surface area contributed by atoms with Gasteiger partial charge in [0.05, 0.1) is 6.54 Å². The van der Waals surface area contributed by atoms with E-state index in [0.29, 0.717) is 37.6 Å². The van der Waals surface area contributed by atoms with Gasteiger partial charge in [0.1, 0.15) is 12.4 Å². The highest BCUT2D eigenvalue weighted by molar-refractivity contribution is 5.96. The fourth-order valence-electron chi connectivity index (χ4n) is 3.69. The summed E-state index contributed by atoms with van der Waals surface area (Å²) in [6.07, 6.45) is 4.14. The third kappa shape index (κ3) is 4.42. The fourth-order valence-corrected chi connectivity index (χ4v) is 3.69. The number of Topliss-reactive ketones (excluding diaryl/α,β-unsaturated/α-hetero) is 1. The van der Waals surface area contributed by atoms with E-state index in [2.05, 4.69) is 0 Å². The van der Waals surface area contributed by atoms with Crippen LogP contribution in [0.15, 0.2) is 18.2 Å². The van der Waals surface area contributed by atoms with Gasteiger partial charge < -0.3 is 14.5 Å². The molecule has 0 aliphatic carbocycles. The second kappa shape index (κ2) is 8.34. The van der Waals surface area contributed by atoms with Crippen LogP contribution in [0, 0.1) is 5.92 Å². The second-order valence-corrected chi connectivity index (χ2v) is 7.16. The van der Waals surface area contributed by atoms with Crippen LogP contribution in [0.5, 0.6) is 5.75 Å². The van der Waals surface area contributed by atoms with E-state index in [1.54, 1.807) is 11.8 Å². The minimum atomic E-state index is 0.128. The molecule has 3 rings (SSSR count). The van der Waals surface area contributed by atoms with Gasteiger partial charge in [-0.1, -0.05) is 0 Å². The number of hydrogen-bond donors (Lipinski definition) is 0. The summed E-state index contributed by atoms with van der Waals surface area (Å²) in [6.45, 7) is 4.71. The van der Waals surface area contributed by atoms with Crippen LogP contribution in [0.3, 0.4) is 0 Å². The lowest BCUT2D eigenvalue weighted by atomic mass is 9.90. The number of amides is 2. The molecule has 1 fully saturated rings. The molecule has 0 saturated carbocycles. The van der Waals surface area contributed by atoms with Gasteiger partial charge >= 0.3 is 0 Å². The average molecular weight is 358 g/mol. The van der Waals surface area contributed by atoms with Gasteiger partial charge in [-0.25, -0.2) is 0 Å². The predicted molar refractivity (Wildman–Crippen MR) is 97.0 cm³/mol. The van der Waals surface area contributed by atoms with Crippen LogP contribution >= 0.6 is 0 Å². The highest BCUT2D eigenvalue weighted by Crippen LogP contribution is 2.26. The molecule has 1 aromatic carbocycles. The molecule has 140 valence electrons. The minimum Gasteiger partial charge on any atom is -0.491 e. The first kappa shape index (κ1) is 18.4. The summed E-state index contributed by atoms with van der Waals surface area (Å²) in [5, 5.41) is 0. The standard InChI is InChI=1S/C20H26N2O4/c1-15(24)22-8-6-16(7-9-22)2-4-19(25)17-3-5-20-18(12-17)13-21(14-23)10-11-26-20/h3,5,12,14,16H,2,4,6-11,13H2,1H3. The summed E-state index contributed by atoms with van der Waals surface area (Å²) >= 11 is 0. The maximum atomic E-state index is 12.6. The Morgan fingerprint density at radius 3 is 2.69 bits per heavy atom. The Bertz CT molecular complexity index is 680. The molecule has 6 nitrogen and oxygen atoms in total. The van der Waals surface area contributed by atoms with Crippen LogP contribution in [-0.4, -0.2) is 54.1 Å². The van der Waals surface area contributed by atoms with Gasteiger partial charge in [0.15, 0.2) is 5.78 Å². The second-order valence-electron chi connectivity index (χ2n) is 7.16. The molecule has 1 saturated heterocycles. The molecule has 2 aliphatic heterocycles. The quantitative estimate of drug-likeness (QED) is 0.598. The molecule has 6 heteroatoms. The maximum absolute atomic E-state index is 12.6. The Labute approximate surface area is 154 Å². The van der Waals surface area contributed by atoms with Crippen molar-refractivity contribution in [2.45, 2.75) is 39.2 Å². The van der Waals surface area contributed by atoms with E-state index in [-0.39, 0.29) is 11.7 Å². The molecule has 2 amide bonds. The molecule has 26 heavy (non-hydrogen) atoms. The zero-order chi connectivity index (χ0) is 18.5. The molecule has 0 atom stereocenters. The van der Waals surface area contributed by atoms with Gasteiger partial charge in [0, 0.05) is 44.1 Å². The van der Waals surface area contributed by atoms with Gasteiger partial charge in [-0.05, 0) is 43.4 Å². The molecule has 0 unspecified atom stereocenters. The maximum Gasteiger partial charge on any atom is 0.219 e. The minimum absolute atomic E-state index is 0.128. The summed E-state index contributed by atoms with van der Waals surface area (Å²) in [5.74, 6) is 1.52. The Kier molecular flexibility index (Phi) is 5.91. The lowest BCUT2D eigenvalue weighted by molar-refractivity contribution is -0.130. The number of rotatable bonds is 5. The summed E-state index contributed by atoms with van der Waals surface area (Å²) in [7, 11) is 0. The largest absolute Gasteiger partial charge is 0.491 e. The van der Waals surface area contributed by atoms with Crippen LogP contribution in [0.25, 0.3) is 0 Å². The number of ether oxygens (including phenoxy) is 1. The summed E-state index contributed by atoms with van der Waals surface area (Å²) < 4.78 is 5.66. The monoisotopic (exact) mass is 358 g/mol. The number of hydrogen-bond acceptors (Lipinski definition) is 4. The van der Waals surface area contributed by atoms with Crippen molar-refractivity contribution in [3.8, 4) is 5.75 Å². The fraction of sp³-hybridized carbons (Fsp3) is 0.550. The average Bonchev–Trinajstić information content (AvgIpc) is 2.87. The van der Waals surface area contributed by atoms with Crippen molar-refractivity contribution in [3.05, 3.63) is 29.3 Å². The number of ketones is 1. The van der Waals surface area contributed by atoms with Gasteiger partial charge in [-0.15, -0.1) is 0 Å². The Morgan fingerprint density at radius 2 is 2.00 bits per heavy atom. The van der Waals surface area contributed by atoms with E-state index >= 15 is 0 Å². The van der Waals surface area contributed by atoms with Crippen LogP contribution in [0.2, 0.25) is 0 Å². The first-order chi connectivity index (χ1) is 12.6. The topological polar surface area (TPSA) is 66.9 Å². The van der Waals surface area contributed by atoms with Crippen molar-refractivity contribution in [1.29, 1.82) is 0 Å². The number of carbonyl (C=O) groups is 3. The molecule has 0 aromatic heterocycles. The number of piperidine rings is 1. The highest BCUT2D eigenvalue weighted by atomic mass is 16.5. The van der Waals surface area contributed by atoms with Crippen molar-refractivity contribution < 1.29 is 19.1 Å². The number of likely N-dealkylation sites (tertiary alicyclic amines) is 1. The molecular formula is C20H26N2O4. The molecule has 2 heterocycles. The summed E-state index contributed by atoms with van der Waals surface area (Å²) in [6, 6.07) is 5.51. The molecule has 0 bridgehead atoms. The number of fused-ring (bicyclic) bond motifs is 1. The lowest BCUT2D eigenvalue weighted by Crippen LogP contribution is -2.37. The van der Waals surface area contributed by atoms with Gasteiger partial charge in [-0.3, -0.25) is 14.4 Å². The van der Waals surface area contributed by atoms with E-state index < -0.39 is 0 Å². The van der Waals surface area contributed by atoms with Crippen LogP contribution in [0.4, 0.5) is 0 Å². The normalized spacial score (nSPS) is 17.9. The van der Waals surface area contributed by atoms with Crippen LogP contribution < -0.4 is 4.74 Å². The molecule has 0 N–H and O–H groups in total. The molecule has 1 aromatic rings. The van der Waals surface area contributed by atoms with Crippen molar-refractivity contribution in [2.75, 3.05) is 26.2 Å². The van der Waals surface area contributed by atoms with E-state index in [9.17, 15) is 14.4 Å². The number of carbonyl (C=O) groups excluding carboxylic acids is 3. The zero-order valence-corrected chi connectivity index (χ0v) is 15.3. The molecule has 0 spiro atoms. The molecule has 2 aliphatic rings. The van der Waals surface area contributed by atoms with Gasteiger partial charge in [0.2, 0.25) is 12.3 Å². The Hall–Kier alpha value is -2.37. The Morgan fingerprint density at radius 1 is 1.23 bits per heavy atom. The summed E-state index contributed by atoms with van der Waals surface area (Å²) in [5.41, 5.74) is 1.57. The molecule has 0 radical (unpaired) electrons. The van der Waals surface area contributed by atoms with Crippen molar-refractivity contribution >= 4 is 18.1 Å². The third-order valence-electron chi connectivity index (χ3n) is 5.38. The third-order valence-corrected chi connectivity index (χ3v) is 5.38. The number of benzene rings is 1. The van der Waals surface area contributed by atoms with Crippen molar-refractivity contribution in [3.63, 3.8) is 0 Å². The number of nitrogens with zero attached hydrogens (tertiary/aromatic N) is 2. The predicted octanol–water partition coefficient (Wildman–Crippen LogP) is 2.26. The van der Waals surface area contributed by atoms with E-state index in [1.165, 1.54) is 0 Å². The van der Waals surface area contributed by atoms with Gasteiger partial charge in [0.25, 0.3) is 0 Å².